The van der Waals surface area contributed by atoms with Crippen LogP contribution in [0.25, 0.3) is 77.2 Å². The zero-order valence-electron chi connectivity index (χ0n) is 26.4. The minimum absolute atomic E-state index is 0.596. The van der Waals surface area contributed by atoms with Gasteiger partial charge in [0, 0.05) is 28.0 Å². The Balaban J connectivity index is 1.12. The number of aromatic nitrogens is 1. The lowest BCUT2D eigenvalue weighted by molar-refractivity contribution is 0.619. The molecule has 0 aliphatic carbocycles. The van der Waals surface area contributed by atoms with E-state index in [9.17, 15) is 0 Å². The van der Waals surface area contributed by atoms with Crippen LogP contribution in [0.2, 0.25) is 0 Å². The standard InChI is InChI=1S/C45H28N2O2/c1-3-11-30(12-4-1)45-46-44-42(49-45)26-25-41-43(44)39-28-34(23-24-40(39)48-41)47(32-14-5-2-6-15-32)33-21-19-29(20-22-33)38-27-31-13-7-8-16-35(31)36-17-9-10-18-37(36)38/h1-28H. The van der Waals surface area contributed by atoms with Crippen LogP contribution < -0.4 is 4.90 Å². The van der Waals surface area contributed by atoms with Gasteiger partial charge in [0.1, 0.15) is 16.7 Å². The van der Waals surface area contributed by atoms with Crippen LogP contribution in [0, 0.1) is 0 Å². The third-order valence-electron chi connectivity index (χ3n) is 9.47. The fourth-order valence-electron chi connectivity index (χ4n) is 7.19. The van der Waals surface area contributed by atoms with Gasteiger partial charge in [-0.15, -0.1) is 0 Å². The second kappa shape index (κ2) is 11.0. The number of hydrogen-bond acceptors (Lipinski definition) is 4. The van der Waals surface area contributed by atoms with Crippen LogP contribution in [-0.4, -0.2) is 4.98 Å². The first kappa shape index (κ1) is 27.5. The Kier molecular flexibility index (Phi) is 6.15. The maximum Gasteiger partial charge on any atom is 0.227 e. The third-order valence-corrected chi connectivity index (χ3v) is 9.47. The highest BCUT2D eigenvalue weighted by molar-refractivity contribution is 6.18. The van der Waals surface area contributed by atoms with Crippen molar-refractivity contribution < 1.29 is 8.83 Å². The van der Waals surface area contributed by atoms with Gasteiger partial charge in [0.05, 0.1) is 5.39 Å². The van der Waals surface area contributed by atoms with Gasteiger partial charge in [0.15, 0.2) is 5.58 Å². The number of anilines is 3. The fraction of sp³-hybridized carbons (Fsp3) is 0. The lowest BCUT2D eigenvalue weighted by Crippen LogP contribution is -2.09. The first-order chi connectivity index (χ1) is 24.3. The van der Waals surface area contributed by atoms with Gasteiger partial charge in [-0.3, -0.25) is 0 Å². The van der Waals surface area contributed by atoms with E-state index < -0.39 is 0 Å². The predicted octanol–water partition coefficient (Wildman–Crippen LogP) is 12.8. The summed E-state index contributed by atoms with van der Waals surface area (Å²) in [6.45, 7) is 0. The molecule has 0 N–H and O–H groups in total. The quantitative estimate of drug-likeness (QED) is 0.178. The molecule has 0 aliphatic rings. The molecule has 0 fully saturated rings. The summed E-state index contributed by atoms with van der Waals surface area (Å²) < 4.78 is 12.6. The number of nitrogens with zero attached hydrogens (tertiary/aromatic N) is 2. The smallest absolute Gasteiger partial charge is 0.227 e. The van der Waals surface area contributed by atoms with Crippen molar-refractivity contribution >= 4 is 71.6 Å². The Morgan fingerprint density at radius 1 is 0.408 bits per heavy atom. The van der Waals surface area contributed by atoms with Gasteiger partial charge in [0.2, 0.25) is 5.89 Å². The van der Waals surface area contributed by atoms with E-state index in [0.29, 0.717) is 5.89 Å². The summed E-state index contributed by atoms with van der Waals surface area (Å²) in [4.78, 5) is 7.25. The molecule has 0 bridgehead atoms. The number of para-hydroxylation sites is 1. The molecule has 4 nitrogen and oxygen atoms in total. The third kappa shape index (κ3) is 4.49. The van der Waals surface area contributed by atoms with Gasteiger partial charge < -0.3 is 13.7 Å². The monoisotopic (exact) mass is 628 g/mol. The molecule has 0 radical (unpaired) electrons. The molecule has 10 rings (SSSR count). The molecule has 10 aromatic rings. The summed E-state index contributed by atoms with van der Waals surface area (Å²) in [5.74, 6) is 0.596. The molecule has 230 valence electrons. The molecule has 49 heavy (non-hydrogen) atoms. The van der Waals surface area contributed by atoms with Crippen molar-refractivity contribution in [2.45, 2.75) is 0 Å². The molecule has 8 aromatic carbocycles. The van der Waals surface area contributed by atoms with Crippen LogP contribution in [0.5, 0.6) is 0 Å². The predicted molar refractivity (Wildman–Crippen MR) is 202 cm³/mol. The molecule has 0 spiro atoms. The topological polar surface area (TPSA) is 42.4 Å². The summed E-state index contributed by atoms with van der Waals surface area (Å²) in [5.41, 5.74) is 9.61. The second-order valence-corrected chi connectivity index (χ2v) is 12.4. The van der Waals surface area contributed by atoms with Crippen LogP contribution >= 0.6 is 0 Å². The van der Waals surface area contributed by atoms with Crippen LogP contribution in [0.15, 0.2) is 179 Å². The molecule has 0 saturated carbocycles. The lowest BCUT2D eigenvalue weighted by atomic mass is 9.93. The number of oxazole rings is 1. The summed E-state index contributed by atoms with van der Waals surface area (Å²) >= 11 is 0. The Bertz CT molecular complexity index is 2820. The number of fused-ring (bicyclic) bond motifs is 8. The normalized spacial score (nSPS) is 11.7. The van der Waals surface area contributed by atoms with Crippen LogP contribution in [0.4, 0.5) is 17.1 Å². The van der Waals surface area contributed by atoms with Crippen molar-refractivity contribution in [3.8, 4) is 22.6 Å². The average molecular weight is 629 g/mol. The summed E-state index contributed by atoms with van der Waals surface area (Å²) in [6, 6.07) is 59.3. The van der Waals surface area contributed by atoms with Crippen LogP contribution in [-0.2, 0) is 0 Å². The fourth-order valence-corrected chi connectivity index (χ4v) is 7.19. The lowest BCUT2D eigenvalue weighted by Gasteiger charge is -2.25. The Morgan fingerprint density at radius 2 is 1.04 bits per heavy atom. The molecule has 0 atom stereocenters. The highest BCUT2D eigenvalue weighted by Crippen LogP contribution is 2.42. The Labute approximate surface area is 282 Å². The zero-order valence-corrected chi connectivity index (χ0v) is 26.4. The van der Waals surface area contributed by atoms with Crippen molar-refractivity contribution in [2.75, 3.05) is 4.90 Å². The zero-order chi connectivity index (χ0) is 32.3. The van der Waals surface area contributed by atoms with E-state index in [1.165, 1.54) is 32.7 Å². The van der Waals surface area contributed by atoms with E-state index in [4.69, 9.17) is 13.8 Å². The second-order valence-electron chi connectivity index (χ2n) is 12.4. The molecule has 0 unspecified atom stereocenters. The van der Waals surface area contributed by atoms with E-state index in [0.717, 1.165) is 55.7 Å². The van der Waals surface area contributed by atoms with E-state index in [1.807, 2.05) is 48.5 Å². The van der Waals surface area contributed by atoms with Crippen molar-refractivity contribution in [1.29, 1.82) is 0 Å². The molecule has 0 aliphatic heterocycles. The van der Waals surface area contributed by atoms with Crippen molar-refractivity contribution in [1.82, 2.24) is 4.98 Å². The molecular formula is C45H28N2O2. The van der Waals surface area contributed by atoms with Crippen molar-refractivity contribution in [2.24, 2.45) is 0 Å². The molecule has 2 heterocycles. The number of furan rings is 1. The molecule has 0 amide bonds. The van der Waals surface area contributed by atoms with Crippen molar-refractivity contribution in [3.05, 3.63) is 170 Å². The van der Waals surface area contributed by atoms with E-state index >= 15 is 0 Å². The SMILES string of the molecule is c1ccc(-c2nc3c(ccc4oc5ccc(N(c6ccccc6)c6ccc(-c7cc8ccccc8c8ccccc78)cc6)cc5c43)o2)cc1. The molecular weight excluding hydrogens is 601 g/mol. The van der Waals surface area contributed by atoms with Crippen LogP contribution in [0.1, 0.15) is 0 Å². The first-order valence-corrected chi connectivity index (χ1v) is 16.5. The molecule has 0 saturated heterocycles. The summed E-state index contributed by atoms with van der Waals surface area (Å²) in [5, 5.41) is 6.97. The van der Waals surface area contributed by atoms with Gasteiger partial charge in [-0.05, 0) is 105 Å². The van der Waals surface area contributed by atoms with Gasteiger partial charge in [0.25, 0.3) is 0 Å². The van der Waals surface area contributed by atoms with E-state index in [-0.39, 0.29) is 0 Å². The first-order valence-electron chi connectivity index (χ1n) is 16.5. The molecule has 4 heteroatoms. The largest absolute Gasteiger partial charge is 0.456 e. The van der Waals surface area contributed by atoms with Crippen LogP contribution in [0.3, 0.4) is 0 Å². The van der Waals surface area contributed by atoms with E-state index in [2.05, 4.69) is 126 Å². The Morgan fingerprint density at radius 3 is 1.86 bits per heavy atom. The minimum Gasteiger partial charge on any atom is -0.456 e. The maximum atomic E-state index is 6.35. The summed E-state index contributed by atoms with van der Waals surface area (Å²) in [7, 11) is 0. The average Bonchev–Trinajstić information content (AvgIpc) is 3.77. The highest BCUT2D eigenvalue weighted by atomic mass is 16.4. The molecule has 2 aromatic heterocycles. The van der Waals surface area contributed by atoms with Crippen molar-refractivity contribution in [3.63, 3.8) is 0 Å². The van der Waals surface area contributed by atoms with Gasteiger partial charge in [-0.25, -0.2) is 4.98 Å². The number of benzene rings is 8. The van der Waals surface area contributed by atoms with Gasteiger partial charge in [-0.2, -0.15) is 0 Å². The Hall–Kier alpha value is -6.65. The van der Waals surface area contributed by atoms with Gasteiger partial charge >= 0.3 is 0 Å². The van der Waals surface area contributed by atoms with E-state index in [1.54, 1.807) is 0 Å². The van der Waals surface area contributed by atoms with Gasteiger partial charge in [-0.1, -0.05) is 97.1 Å². The maximum absolute atomic E-state index is 6.35. The summed E-state index contributed by atoms with van der Waals surface area (Å²) in [6.07, 6.45) is 0. The number of hydrogen-bond donors (Lipinski definition) is 0. The number of rotatable bonds is 5. The highest BCUT2D eigenvalue weighted by Gasteiger charge is 2.19. The minimum atomic E-state index is 0.596.